The molecule has 0 aromatic carbocycles. The molecule has 2 amide bonds. The van der Waals surface area contributed by atoms with Crippen molar-refractivity contribution in [1.29, 1.82) is 0 Å². The Morgan fingerprint density at radius 1 is 1.54 bits per heavy atom. The van der Waals surface area contributed by atoms with Crippen LogP contribution in [0.25, 0.3) is 0 Å². The fraction of sp³-hybridized carbons (Fsp3) is 0.700. The lowest BCUT2D eigenvalue weighted by Gasteiger charge is -2.25. The average Bonchev–Trinajstić information content (AvgIpc) is 2.88. The lowest BCUT2D eigenvalue weighted by atomic mass is 10.4. The van der Waals surface area contributed by atoms with E-state index in [2.05, 4.69) is 5.92 Å². The molecule has 0 bridgehead atoms. The molecule has 72 valence electrons. The predicted molar refractivity (Wildman–Crippen MR) is 52.3 cm³/mol. The highest BCUT2D eigenvalue weighted by atomic mass is 16.2. The van der Waals surface area contributed by atoms with Gasteiger partial charge in [0.05, 0.1) is 0 Å². The van der Waals surface area contributed by atoms with Gasteiger partial charge >= 0.3 is 6.03 Å². The van der Waals surface area contributed by atoms with Crippen molar-refractivity contribution in [1.82, 2.24) is 9.80 Å². The molecule has 0 unspecified atom stereocenters. The zero-order valence-electron chi connectivity index (χ0n) is 8.29. The third-order valence-corrected chi connectivity index (χ3v) is 2.11. The Bertz CT molecular complexity index is 226. The summed E-state index contributed by atoms with van der Waals surface area (Å²) >= 11 is 0. The smallest absolute Gasteiger partial charge is 0.319 e. The standard InChI is InChI=1S/C10H16N2O/c1-4-5-8-12(9-6-7-9)10(13)11(2)3/h1,9H,5-8H2,2-3H3. The number of nitrogens with zero attached hydrogens (tertiary/aromatic N) is 2. The van der Waals surface area contributed by atoms with Crippen LogP contribution in [0.4, 0.5) is 4.79 Å². The lowest BCUT2D eigenvalue weighted by molar-refractivity contribution is 0.169. The zero-order valence-corrected chi connectivity index (χ0v) is 8.29. The molecule has 1 aliphatic rings. The molecule has 0 aromatic rings. The van der Waals surface area contributed by atoms with E-state index in [9.17, 15) is 4.79 Å². The van der Waals surface area contributed by atoms with Crippen LogP contribution >= 0.6 is 0 Å². The molecular formula is C10H16N2O. The second kappa shape index (κ2) is 4.18. The summed E-state index contributed by atoms with van der Waals surface area (Å²) < 4.78 is 0. The van der Waals surface area contributed by atoms with Crippen LogP contribution in [-0.2, 0) is 0 Å². The van der Waals surface area contributed by atoms with E-state index in [1.54, 1.807) is 19.0 Å². The molecule has 0 atom stereocenters. The van der Waals surface area contributed by atoms with Crippen molar-refractivity contribution in [2.24, 2.45) is 0 Å². The second-order valence-corrected chi connectivity index (χ2v) is 3.56. The van der Waals surface area contributed by atoms with Crippen molar-refractivity contribution in [3.05, 3.63) is 0 Å². The van der Waals surface area contributed by atoms with Gasteiger partial charge in [-0.15, -0.1) is 12.3 Å². The monoisotopic (exact) mass is 180 g/mol. The summed E-state index contributed by atoms with van der Waals surface area (Å²) in [5.74, 6) is 2.56. The van der Waals surface area contributed by atoms with E-state index in [-0.39, 0.29) is 6.03 Å². The van der Waals surface area contributed by atoms with Gasteiger partial charge < -0.3 is 9.80 Å². The van der Waals surface area contributed by atoms with E-state index >= 15 is 0 Å². The molecule has 3 heteroatoms. The van der Waals surface area contributed by atoms with Crippen molar-refractivity contribution >= 4 is 6.03 Å². The quantitative estimate of drug-likeness (QED) is 0.598. The minimum Gasteiger partial charge on any atom is -0.331 e. The number of carbonyl (C=O) groups is 1. The third-order valence-electron chi connectivity index (χ3n) is 2.11. The van der Waals surface area contributed by atoms with Crippen LogP contribution in [0.2, 0.25) is 0 Å². The molecule has 13 heavy (non-hydrogen) atoms. The molecule has 3 nitrogen and oxygen atoms in total. The van der Waals surface area contributed by atoms with Gasteiger partial charge in [-0.2, -0.15) is 0 Å². The van der Waals surface area contributed by atoms with Crippen LogP contribution in [0.5, 0.6) is 0 Å². The van der Waals surface area contributed by atoms with Crippen LogP contribution in [0, 0.1) is 12.3 Å². The van der Waals surface area contributed by atoms with Gasteiger partial charge in [-0.1, -0.05) is 0 Å². The summed E-state index contributed by atoms with van der Waals surface area (Å²) in [5, 5.41) is 0. The van der Waals surface area contributed by atoms with Gasteiger partial charge in [0.1, 0.15) is 0 Å². The first-order valence-corrected chi connectivity index (χ1v) is 4.58. The SMILES string of the molecule is C#CCCN(C(=O)N(C)C)C1CC1. The van der Waals surface area contributed by atoms with Gasteiger partial charge in [0.25, 0.3) is 0 Å². The lowest BCUT2D eigenvalue weighted by Crippen LogP contribution is -2.41. The Labute approximate surface area is 79.7 Å². The van der Waals surface area contributed by atoms with Gasteiger partial charge in [0.2, 0.25) is 0 Å². The normalized spacial score (nSPS) is 14.8. The molecule has 1 rings (SSSR count). The van der Waals surface area contributed by atoms with Gasteiger partial charge in [0, 0.05) is 33.1 Å². The Morgan fingerprint density at radius 2 is 2.15 bits per heavy atom. The molecule has 1 saturated carbocycles. The Hall–Kier alpha value is -1.17. The van der Waals surface area contributed by atoms with Crippen LogP contribution in [0.1, 0.15) is 19.3 Å². The fourth-order valence-electron chi connectivity index (χ4n) is 1.26. The van der Waals surface area contributed by atoms with Crippen molar-refractivity contribution in [3.63, 3.8) is 0 Å². The first-order chi connectivity index (χ1) is 6.16. The molecule has 1 aliphatic carbocycles. The average molecular weight is 180 g/mol. The van der Waals surface area contributed by atoms with Gasteiger partial charge in [-0.05, 0) is 12.8 Å². The second-order valence-electron chi connectivity index (χ2n) is 3.56. The van der Waals surface area contributed by atoms with Crippen molar-refractivity contribution in [3.8, 4) is 12.3 Å². The highest BCUT2D eigenvalue weighted by Crippen LogP contribution is 2.27. The minimum atomic E-state index is 0.0813. The number of hydrogen-bond donors (Lipinski definition) is 0. The Morgan fingerprint density at radius 3 is 2.54 bits per heavy atom. The summed E-state index contributed by atoms with van der Waals surface area (Å²) in [4.78, 5) is 15.1. The van der Waals surface area contributed by atoms with E-state index in [1.807, 2.05) is 4.90 Å². The van der Waals surface area contributed by atoms with Crippen molar-refractivity contribution in [2.45, 2.75) is 25.3 Å². The third kappa shape index (κ3) is 2.66. The summed E-state index contributed by atoms with van der Waals surface area (Å²) in [6, 6.07) is 0.529. The molecule has 0 radical (unpaired) electrons. The number of amides is 2. The molecular weight excluding hydrogens is 164 g/mol. The van der Waals surface area contributed by atoms with Crippen LogP contribution < -0.4 is 0 Å². The summed E-state index contributed by atoms with van der Waals surface area (Å²) in [6.07, 6.45) is 8.08. The molecule has 0 saturated heterocycles. The highest BCUT2D eigenvalue weighted by Gasteiger charge is 2.32. The maximum absolute atomic E-state index is 11.6. The Kier molecular flexibility index (Phi) is 3.18. The topological polar surface area (TPSA) is 23.6 Å². The maximum Gasteiger partial charge on any atom is 0.319 e. The van der Waals surface area contributed by atoms with E-state index in [4.69, 9.17) is 6.42 Å². The largest absolute Gasteiger partial charge is 0.331 e. The summed E-state index contributed by atoms with van der Waals surface area (Å²) in [5.41, 5.74) is 0. The number of rotatable bonds is 3. The molecule has 1 fully saturated rings. The molecule has 0 N–H and O–H groups in total. The number of hydrogen-bond acceptors (Lipinski definition) is 1. The fourth-order valence-corrected chi connectivity index (χ4v) is 1.26. The minimum absolute atomic E-state index is 0.0813. The maximum atomic E-state index is 11.6. The van der Waals surface area contributed by atoms with E-state index in [0.29, 0.717) is 19.0 Å². The number of urea groups is 1. The van der Waals surface area contributed by atoms with E-state index in [1.165, 1.54) is 0 Å². The van der Waals surface area contributed by atoms with E-state index < -0.39 is 0 Å². The first-order valence-electron chi connectivity index (χ1n) is 4.58. The molecule has 0 spiro atoms. The molecule has 0 aliphatic heterocycles. The number of carbonyl (C=O) groups excluding carboxylic acids is 1. The highest BCUT2D eigenvalue weighted by molar-refractivity contribution is 5.74. The number of terminal acetylenes is 1. The van der Waals surface area contributed by atoms with Crippen LogP contribution in [0.3, 0.4) is 0 Å². The zero-order chi connectivity index (χ0) is 9.84. The van der Waals surface area contributed by atoms with Crippen LogP contribution in [-0.4, -0.2) is 42.5 Å². The predicted octanol–water partition coefficient (Wildman–Crippen LogP) is 1.16. The van der Waals surface area contributed by atoms with Crippen LogP contribution in [0.15, 0.2) is 0 Å². The van der Waals surface area contributed by atoms with Crippen molar-refractivity contribution in [2.75, 3.05) is 20.6 Å². The van der Waals surface area contributed by atoms with Gasteiger partial charge in [-0.25, -0.2) is 4.79 Å². The van der Waals surface area contributed by atoms with Crippen molar-refractivity contribution < 1.29 is 4.79 Å². The van der Waals surface area contributed by atoms with Gasteiger partial charge in [0.15, 0.2) is 0 Å². The first kappa shape index (κ1) is 9.91. The summed E-state index contributed by atoms with van der Waals surface area (Å²) in [6.45, 7) is 0.693. The molecule has 0 aromatic heterocycles. The van der Waals surface area contributed by atoms with Gasteiger partial charge in [-0.3, -0.25) is 0 Å². The summed E-state index contributed by atoms with van der Waals surface area (Å²) in [7, 11) is 3.54. The van der Waals surface area contributed by atoms with E-state index in [0.717, 1.165) is 12.8 Å². The molecule has 0 heterocycles. The Balaban J connectivity index is 2.47.